The number of unbranched alkanes of at least 4 members (excludes halogenated alkanes) is 2. The van der Waals surface area contributed by atoms with Crippen LogP contribution in [-0.2, 0) is 6.54 Å². The number of nitrogens with zero attached hydrogens (tertiary/aromatic N) is 1. The van der Waals surface area contributed by atoms with Gasteiger partial charge in [0.05, 0.1) is 0 Å². The van der Waals surface area contributed by atoms with E-state index in [1.165, 1.54) is 31.4 Å². The van der Waals surface area contributed by atoms with Crippen LogP contribution in [0.15, 0.2) is 28.7 Å². The minimum atomic E-state index is 0.611. The van der Waals surface area contributed by atoms with Gasteiger partial charge in [-0.3, -0.25) is 0 Å². The molecule has 2 nitrogen and oxygen atoms in total. The summed E-state index contributed by atoms with van der Waals surface area (Å²) in [5, 5.41) is 3.46. The lowest BCUT2D eigenvalue weighted by Crippen LogP contribution is -2.24. The zero-order valence-corrected chi connectivity index (χ0v) is 14.0. The molecule has 0 spiro atoms. The summed E-state index contributed by atoms with van der Waals surface area (Å²) >= 11 is 3.47. The third-order valence-electron chi connectivity index (χ3n) is 3.13. The zero-order valence-electron chi connectivity index (χ0n) is 12.5. The summed E-state index contributed by atoms with van der Waals surface area (Å²) in [6.07, 6.45) is 3.88. The van der Waals surface area contributed by atoms with Crippen LogP contribution in [0.3, 0.4) is 0 Å². The minimum absolute atomic E-state index is 0.611. The second-order valence-electron chi connectivity index (χ2n) is 5.53. The van der Waals surface area contributed by atoms with Crippen molar-refractivity contribution in [1.29, 1.82) is 0 Å². The molecule has 0 aliphatic carbocycles. The molecule has 0 unspecified atom stereocenters. The SMILES string of the molecule is CC(C)NCCCCCN(C)Cc1ccc(Br)cc1. The zero-order chi connectivity index (χ0) is 14.1. The Balaban J connectivity index is 2.08. The maximum absolute atomic E-state index is 3.47. The van der Waals surface area contributed by atoms with Gasteiger partial charge in [-0.15, -0.1) is 0 Å². The average Bonchev–Trinajstić information content (AvgIpc) is 2.36. The molecule has 1 aromatic rings. The van der Waals surface area contributed by atoms with Gasteiger partial charge in [-0.05, 0) is 50.7 Å². The van der Waals surface area contributed by atoms with Crippen molar-refractivity contribution in [3.05, 3.63) is 34.3 Å². The molecule has 0 atom stereocenters. The Hall–Kier alpha value is -0.380. The standard InChI is InChI=1S/C16H27BrN2/c1-14(2)18-11-5-4-6-12-19(3)13-15-7-9-16(17)10-8-15/h7-10,14,18H,4-6,11-13H2,1-3H3. The van der Waals surface area contributed by atoms with Crippen molar-refractivity contribution in [1.82, 2.24) is 10.2 Å². The van der Waals surface area contributed by atoms with E-state index in [2.05, 4.69) is 71.3 Å². The Labute approximate surface area is 126 Å². The van der Waals surface area contributed by atoms with Gasteiger partial charge in [0.2, 0.25) is 0 Å². The van der Waals surface area contributed by atoms with Crippen molar-refractivity contribution < 1.29 is 0 Å². The van der Waals surface area contributed by atoms with Crippen molar-refractivity contribution >= 4 is 15.9 Å². The highest BCUT2D eigenvalue weighted by Crippen LogP contribution is 2.12. The first-order valence-electron chi connectivity index (χ1n) is 7.24. The summed E-state index contributed by atoms with van der Waals surface area (Å²) in [7, 11) is 2.20. The lowest BCUT2D eigenvalue weighted by atomic mass is 10.2. The van der Waals surface area contributed by atoms with Crippen LogP contribution in [-0.4, -0.2) is 31.1 Å². The molecule has 19 heavy (non-hydrogen) atoms. The van der Waals surface area contributed by atoms with Gasteiger partial charge in [-0.1, -0.05) is 48.3 Å². The average molecular weight is 327 g/mol. The van der Waals surface area contributed by atoms with Gasteiger partial charge in [0.15, 0.2) is 0 Å². The van der Waals surface area contributed by atoms with Gasteiger partial charge in [0.25, 0.3) is 0 Å². The maximum atomic E-state index is 3.47. The number of halogens is 1. The molecule has 0 aromatic heterocycles. The Morgan fingerprint density at radius 3 is 2.42 bits per heavy atom. The molecule has 0 radical (unpaired) electrons. The van der Waals surface area contributed by atoms with E-state index in [9.17, 15) is 0 Å². The summed E-state index contributed by atoms with van der Waals surface area (Å²) in [6.45, 7) is 7.77. The molecule has 0 amide bonds. The fraction of sp³-hybridized carbons (Fsp3) is 0.625. The summed E-state index contributed by atoms with van der Waals surface area (Å²) in [5.74, 6) is 0. The summed E-state index contributed by atoms with van der Waals surface area (Å²) in [5.41, 5.74) is 1.38. The summed E-state index contributed by atoms with van der Waals surface area (Å²) in [6, 6.07) is 9.21. The molecule has 0 aliphatic rings. The first-order chi connectivity index (χ1) is 9.08. The molecule has 1 aromatic carbocycles. The number of hydrogen-bond acceptors (Lipinski definition) is 2. The molecule has 3 heteroatoms. The van der Waals surface area contributed by atoms with Crippen LogP contribution in [0.2, 0.25) is 0 Å². The van der Waals surface area contributed by atoms with E-state index in [-0.39, 0.29) is 0 Å². The van der Waals surface area contributed by atoms with Crippen molar-refractivity contribution in [2.75, 3.05) is 20.1 Å². The van der Waals surface area contributed by atoms with Crippen LogP contribution in [0, 0.1) is 0 Å². The Morgan fingerprint density at radius 1 is 1.11 bits per heavy atom. The summed E-state index contributed by atoms with van der Waals surface area (Å²) in [4.78, 5) is 2.40. The van der Waals surface area contributed by atoms with Gasteiger partial charge in [0.1, 0.15) is 0 Å². The largest absolute Gasteiger partial charge is 0.315 e. The van der Waals surface area contributed by atoms with E-state index in [0.717, 1.165) is 17.6 Å². The van der Waals surface area contributed by atoms with Crippen molar-refractivity contribution in [3.63, 3.8) is 0 Å². The van der Waals surface area contributed by atoms with Crippen LogP contribution < -0.4 is 5.32 Å². The predicted molar refractivity (Wildman–Crippen MR) is 87.5 cm³/mol. The second-order valence-corrected chi connectivity index (χ2v) is 6.45. The van der Waals surface area contributed by atoms with E-state index < -0.39 is 0 Å². The molecule has 1 rings (SSSR count). The molecule has 0 saturated heterocycles. The van der Waals surface area contributed by atoms with Crippen LogP contribution >= 0.6 is 15.9 Å². The number of hydrogen-bond donors (Lipinski definition) is 1. The highest BCUT2D eigenvalue weighted by Gasteiger charge is 2.00. The molecular formula is C16H27BrN2. The highest BCUT2D eigenvalue weighted by atomic mass is 79.9. The van der Waals surface area contributed by atoms with E-state index >= 15 is 0 Å². The van der Waals surface area contributed by atoms with E-state index in [0.29, 0.717) is 6.04 Å². The van der Waals surface area contributed by atoms with E-state index in [4.69, 9.17) is 0 Å². The lowest BCUT2D eigenvalue weighted by molar-refractivity contribution is 0.316. The van der Waals surface area contributed by atoms with Gasteiger partial charge < -0.3 is 10.2 Å². The molecule has 0 fully saturated rings. The number of benzene rings is 1. The normalized spacial score (nSPS) is 11.5. The number of nitrogens with one attached hydrogen (secondary N) is 1. The molecule has 0 aliphatic heterocycles. The van der Waals surface area contributed by atoms with Crippen LogP contribution in [0.4, 0.5) is 0 Å². The molecule has 0 bridgehead atoms. The van der Waals surface area contributed by atoms with Crippen molar-refractivity contribution in [2.24, 2.45) is 0 Å². The first-order valence-corrected chi connectivity index (χ1v) is 8.03. The minimum Gasteiger partial charge on any atom is -0.315 e. The van der Waals surface area contributed by atoms with Gasteiger partial charge in [-0.2, -0.15) is 0 Å². The van der Waals surface area contributed by atoms with Crippen molar-refractivity contribution in [2.45, 2.75) is 45.7 Å². The van der Waals surface area contributed by atoms with Gasteiger partial charge >= 0.3 is 0 Å². The lowest BCUT2D eigenvalue weighted by Gasteiger charge is -2.16. The molecule has 0 heterocycles. The first kappa shape index (κ1) is 16.7. The smallest absolute Gasteiger partial charge is 0.0230 e. The maximum Gasteiger partial charge on any atom is 0.0230 e. The Kier molecular flexibility index (Phi) is 8.35. The molecule has 108 valence electrons. The topological polar surface area (TPSA) is 15.3 Å². The second kappa shape index (κ2) is 9.51. The Bertz CT molecular complexity index is 335. The molecule has 0 saturated carbocycles. The van der Waals surface area contributed by atoms with E-state index in [1.807, 2.05) is 0 Å². The fourth-order valence-electron chi connectivity index (χ4n) is 2.05. The third-order valence-corrected chi connectivity index (χ3v) is 3.66. The quantitative estimate of drug-likeness (QED) is 0.689. The van der Waals surface area contributed by atoms with Gasteiger partial charge in [-0.25, -0.2) is 0 Å². The highest BCUT2D eigenvalue weighted by molar-refractivity contribution is 9.10. The van der Waals surface area contributed by atoms with Crippen LogP contribution in [0.5, 0.6) is 0 Å². The van der Waals surface area contributed by atoms with E-state index in [1.54, 1.807) is 0 Å². The van der Waals surface area contributed by atoms with Crippen molar-refractivity contribution in [3.8, 4) is 0 Å². The monoisotopic (exact) mass is 326 g/mol. The summed E-state index contributed by atoms with van der Waals surface area (Å²) < 4.78 is 1.15. The molecular weight excluding hydrogens is 300 g/mol. The van der Waals surface area contributed by atoms with Gasteiger partial charge in [0, 0.05) is 17.1 Å². The molecule has 1 N–H and O–H groups in total. The fourth-order valence-corrected chi connectivity index (χ4v) is 2.32. The Morgan fingerprint density at radius 2 is 1.79 bits per heavy atom. The predicted octanol–water partition coefficient (Wildman–Crippen LogP) is 4.05. The van der Waals surface area contributed by atoms with Crippen LogP contribution in [0.1, 0.15) is 38.7 Å². The number of rotatable bonds is 9. The van der Waals surface area contributed by atoms with Crippen LogP contribution in [0.25, 0.3) is 0 Å². The third kappa shape index (κ3) is 8.40.